The number of carboxylic acids is 3. The average Bonchev–Trinajstić information content (AvgIpc) is 2.69. The molecule has 13 heteroatoms. The standard InChI is InChI=1S/C18H35N3O10/c22-5-1-3-20(10-17(28)29)14(12-24)7-19(9-16(26)27)8-15(13-25)21(4-2-6-23)11-18(30)31/h14-15,22-25H,1-13H2,(H,26,27)(H,28,29)(H,30,31). The summed E-state index contributed by atoms with van der Waals surface area (Å²) in [4.78, 5) is 37.9. The summed E-state index contributed by atoms with van der Waals surface area (Å²) in [6, 6.07) is -1.52. The summed E-state index contributed by atoms with van der Waals surface area (Å²) in [6.45, 7) is -2.41. The van der Waals surface area contributed by atoms with Gasteiger partial charge in [0.15, 0.2) is 0 Å². The first-order valence-electron chi connectivity index (χ1n) is 9.97. The van der Waals surface area contributed by atoms with E-state index in [4.69, 9.17) is 20.4 Å². The lowest BCUT2D eigenvalue weighted by molar-refractivity contribution is -0.142. The third-order valence-corrected chi connectivity index (χ3v) is 4.63. The Hall–Kier alpha value is -1.87. The number of carbonyl (C=O) groups is 3. The Kier molecular flexibility index (Phi) is 15.8. The molecular weight excluding hydrogens is 418 g/mol. The van der Waals surface area contributed by atoms with Crippen molar-refractivity contribution in [2.45, 2.75) is 24.9 Å². The first kappa shape index (κ1) is 29.1. The maximum Gasteiger partial charge on any atom is 0.317 e. The van der Waals surface area contributed by atoms with Crippen molar-refractivity contribution in [2.24, 2.45) is 0 Å². The van der Waals surface area contributed by atoms with Crippen LogP contribution in [0.5, 0.6) is 0 Å². The smallest absolute Gasteiger partial charge is 0.317 e. The molecule has 0 saturated carbocycles. The highest BCUT2D eigenvalue weighted by Gasteiger charge is 2.28. The highest BCUT2D eigenvalue weighted by molar-refractivity contribution is 5.70. The Balaban J connectivity index is 5.50. The highest BCUT2D eigenvalue weighted by atomic mass is 16.4. The van der Waals surface area contributed by atoms with Crippen LogP contribution in [0, 0.1) is 0 Å². The fourth-order valence-electron chi connectivity index (χ4n) is 3.24. The maximum atomic E-state index is 11.3. The molecule has 0 aliphatic heterocycles. The van der Waals surface area contributed by atoms with Crippen molar-refractivity contribution < 1.29 is 50.1 Å². The van der Waals surface area contributed by atoms with Gasteiger partial charge in [0.05, 0.1) is 32.8 Å². The molecule has 0 rings (SSSR count). The number of aliphatic hydroxyl groups excluding tert-OH is 4. The zero-order valence-electron chi connectivity index (χ0n) is 17.5. The van der Waals surface area contributed by atoms with E-state index in [0.717, 1.165) is 0 Å². The van der Waals surface area contributed by atoms with Crippen molar-refractivity contribution in [1.29, 1.82) is 0 Å². The summed E-state index contributed by atoms with van der Waals surface area (Å²) < 4.78 is 0. The van der Waals surface area contributed by atoms with E-state index < -0.39 is 62.8 Å². The molecule has 0 aliphatic rings. The van der Waals surface area contributed by atoms with Crippen molar-refractivity contribution >= 4 is 17.9 Å². The first-order chi connectivity index (χ1) is 14.7. The largest absolute Gasteiger partial charge is 0.480 e. The van der Waals surface area contributed by atoms with Crippen LogP contribution in [0.2, 0.25) is 0 Å². The molecule has 0 aromatic rings. The molecule has 0 amide bonds. The van der Waals surface area contributed by atoms with Crippen LogP contribution in [-0.2, 0) is 14.4 Å². The van der Waals surface area contributed by atoms with Crippen molar-refractivity contribution in [2.75, 3.05) is 72.2 Å². The molecule has 0 saturated heterocycles. The second-order valence-corrected chi connectivity index (χ2v) is 7.14. The number of rotatable bonds is 20. The van der Waals surface area contributed by atoms with E-state index in [1.807, 2.05) is 0 Å². The molecule has 0 heterocycles. The van der Waals surface area contributed by atoms with Gasteiger partial charge in [-0.05, 0) is 12.8 Å². The second kappa shape index (κ2) is 16.8. The minimum Gasteiger partial charge on any atom is -0.480 e. The van der Waals surface area contributed by atoms with Crippen LogP contribution in [0.4, 0.5) is 0 Å². The molecule has 2 unspecified atom stereocenters. The van der Waals surface area contributed by atoms with Crippen LogP contribution >= 0.6 is 0 Å². The van der Waals surface area contributed by atoms with Crippen molar-refractivity contribution in [3.63, 3.8) is 0 Å². The lowest BCUT2D eigenvalue weighted by Crippen LogP contribution is -2.54. The van der Waals surface area contributed by atoms with Gasteiger partial charge in [-0.15, -0.1) is 0 Å². The van der Waals surface area contributed by atoms with Gasteiger partial charge in [0.1, 0.15) is 0 Å². The minimum atomic E-state index is -1.19. The monoisotopic (exact) mass is 453 g/mol. The van der Waals surface area contributed by atoms with E-state index in [1.54, 1.807) is 0 Å². The van der Waals surface area contributed by atoms with Gasteiger partial charge >= 0.3 is 17.9 Å². The predicted octanol–water partition coefficient (Wildman–Crippen LogP) is -3.37. The summed E-state index contributed by atoms with van der Waals surface area (Å²) in [7, 11) is 0. The zero-order chi connectivity index (χ0) is 23.8. The van der Waals surface area contributed by atoms with Gasteiger partial charge in [0, 0.05) is 51.5 Å². The van der Waals surface area contributed by atoms with Crippen LogP contribution in [0.25, 0.3) is 0 Å². The van der Waals surface area contributed by atoms with E-state index in [9.17, 15) is 29.7 Å². The Morgan fingerprint density at radius 2 is 0.968 bits per heavy atom. The third-order valence-electron chi connectivity index (χ3n) is 4.63. The van der Waals surface area contributed by atoms with Crippen molar-refractivity contribution in [1.82, 2.24) is 14.7 Å². The molecular formula is C18H35N3O10. The van der Waals surface area contributed by atoms with Crippen LogP contribution in [-0.4, -0.2) is 153 Å². The fourth-order valence-corrected chi connectivity index (χ4v) is 3.24. The van der Waals surface area contributed by atoms with Gasteiger partial charge in [-0.25, -0.2) is 0 Å². The second-order valence-electron chi connectivity index (χ2n) is 7.14. The summed E-state index contributed by atoms with van der Waals surface area (Å²) in [5.41, 5.74) is 0. The molecule has 2 atom stereocenters. The molecule has 0 bridgehead atoms. The quantitative estimate of drug-likeness (QED) is 0.0963. The fraction of sp³-hybridized carbons (Fsp3) is 0.833. The molecule has 13 nitrogen and oxygen atoms in total. The molecule has 7 N–H and O–H groups in total. The molecule has 0 aromatic carbocycles. The minimum absolute atomic E-state index is 0.0566. The lowest BCUT2D eigenvalue weighted by Gasteiger charge is -2.37. The summed E-state index contributed by atoms with van der Waals surface area (Å²) >= 11 is 0. The Morgan fingerprint density at radius 1 is 0.613 bits per heavy atom. The first-order valence-corrected chi connectivity index (χ1v) is 9.97. The van der Waals surface area contributed by atoms with Gasteiger partial charge in [0.2, 0.25) is 0 Å². The lowest BCUT2D eigenvalue weighted by atomic mass is 10.1. The Labute approximate surface area is 180 Å². The van der Waals surface area contributed by atoms with Crippen LogP contribution in [0.1, 0.15) is 12.8 Å². The zero-order valence-corrected chi connectivity index (χ0v) is 17.5. The van der Waals surface area contributed by atoms with Crippen molar-refractivity contribution in [3.05, 3.63) is 0 Å². The maximum absolute atomic E-state index is 11.3. The Morgan fingerprint density at radius 3 is 1.23 bits per heavy atom. The number of hydrogen-bond acceptors (Lipinski definition) is 10. The van der Waals surface area contributed by atoms with E-state index in [1.165, 1.54) is 14.7 Å². The van der Waals surface area contributed by atoms with E-state index >= 15 is 0 Å². The SMILES string of the molecule is O=C(O)CN(CC(CO)N(CCCO)CC(=O)O)CC(CO)N(CCCO)CC(=O)O. The summed E-state index contributed by atoms with van der Waals surface area (Å²) in [5, 5.41) is 65.2. The topological polar surface area (TPSA) is 203 Å². The van der Waals surface area contributed by atoms with E-state index in [0.29, 0.717) is 0 Å². The van der Waals surface area contributed by atoms with Gasteiger partial charge in [0.25, 0.3) is 0 Å². The van der Waals surface area contributed by atoms with E-state index in [2.05, 4.69) is 0 Å². The average molecular weight is 453 g/mol. The molecule has 0 spiro atoms. The van der Waals surface area contributed by atoms with Gasteiger partial charge < -0.3 is 35.7 Å². The summed E-state index contributed by atoms with van der Waals surface area (Å²) in [6.07, 6.45) is 0.519. The predicted molar refractivity (Wildman–Crippen MR) is 108 cm³/mol. The molecule has 0 fully saturated rings. The highest BCUT2D eigenvalue weighted by Crippen LogP contribution is 2.09. The van der Waals surface area contributed by atoms with Crippen LogP contribution < -0.4 is 0 Å². The number of aliphatic hydroxyl groups is 4. The normalized spacial score (nSPS) is 13.6. The molecule has 31 heavy (non-hydrogen) atoms. The third kappa shape index (κ3) is 13.2. The summed E-state index contributed by atoms with van der Waals surface area (Å²) in [5.74, 6) is -3.48. The Bertz CT molecular complexity index is 499. The molecule has 0 aromatic heterocycles. The molecule has 182 valence electrons. The van der Waals surface area contributed by atoms with Crippen LogP contribution in [0.15, 0.2) is 0 Å². The van der Waals surface area contributed by atoms with Gasteiger partial charge in [-0.1, -0.05) is 0 Å². The molecule has 0 aliphatic carbocycles. The number of hydrogen-bond donors (Lipinski definition) is 7. The van der Waals surface area contributed by atoms with Crippen LogP contribution in [0.3, 0.4) is 0 Å². The number of aliphatic carboxylic acids is 3. The molecule has 0 radical (unpaired) electrons. The van der Waals surface area contributed by atoms with E-state index in [-0.39, 0.29) is 52.2 Å². The van der Waals surface area contributed by atoms with Gasteiger partial charge in [-0.3, -0.25) is 29.1 Å². The number of carboxylic acid groups (broad SMARTS) is 3. The number of nitrogens with zero attached hydrogens (tertiary/aromatic N) is 3. The van der Waals surface area contributed by atoms with Gasteiger partial charge in [-0.2, -0.15) is 0 Å². The van der Waals surface area contributed by atoms with Crippen molar-refractivity contribution in [3.8, 4) is 0 Å².